The predicted molar refractivity (Wildman–Crippen MR) is 122 cm³/mol. The highest BCUT2D eigenvalue weighted by molar-refractivity contribution is 5.65. The molecule has 0 N–H and O–H groups in total. The van der Waals surface area contributed by atoms with E-state index in [4.69, 9.17) is 4.98 Å². The molecule has 1 aliphatic carbocycles. The van der Waals surface area contributed by atoms with E-state index in [2.05, 4.69) is 15.1 Å². The topological polar surface area (TPSA) is 51.2 Å². The molecule has 0 bridgehead atoms. The van der Waals surface area contributed by atoms with Crippen LogP contribution in [0.15, 0.2) is 85.0 Å². The van der Waals surface area contributed by atoms with E-state index in [9.17, 15) is 8.78 Å². The lowest BCUT2D eigenvalue weighted by molar-refractivity contribution is 0.361. The van der Waals surface area contributed by atoms with E-state index < -0.39 is 5.92 Å². The van der Waals surface area contributed by atoms with Crippen LogP contribution in [0.2, 0.25) is 0 Å². The van der Waals surface area contributed by atoms with Crippen LogP contribution in [0.5, 0.6) is 0 Å². The second-order valence-electron chi connectivity index (χ2n) is 8.50. The van der Waals surface area contributed by atoms with E-state index in [1.54, 1.807) is 15.4 Å². The summed E-state index contributed by atoms with van der Waals surface area (Å²) in [6.45, 7) is 0.756. The van der Waals surface area contributed by atoms with E-state index in [0.29, 0.717) is 5.65 Å². The van der Waals surface area contributed by atoms with Crippen LogP contribution in [0.3, 0.4) is 0 Å². The molecule has 1 fully saturated rings. The van der Waals surface area contributed by atoms with Crippen molar-refractivity contribution in [2.75, 3.05) is 11.4 Å². The van der Waals surface area contributed by atoms with Gasteiger partial charge in [0.1, 0.15) is 23.2 Å². The fourth-order valence-corrected chi connectivity index (χ4v) is 4.89. The SMILES string of the molecule is FC1=CC=C(F)C([C@@H]2CCCN2c2ccn3ncc(-n4cc(-c5ccccc5)cn4)c3n2)C1. The van der Waals surface area contributed by atoms with Crippen molar-refractivity contribution in [3.8, 4) is 16.8 Å². The summed E-state index contributed by atoms with van der Waals surface area (Å²) in [6.07, 6.45) is 11.7. The number of rotatable bonds is 4. The Morgan fingerprint density at radius 3 is 2.70 bits per heavy atom. The molecule has 1 saturated heterocycles. The van der Waals surface area contributed by atoms with Gasteiger partial charge in [-0.05, 0) is 36.6 Å². The molecule has 6 nitrogen and oxygen atoms in total. The van der Waals surface area contributed by atoms with Crippen molar-refractivity contribution in [2.45, 2.75) is 25.3 Å². The summed E-state index contributed by atoms with van der Waals surface area (Å²) < 4.78 is 32.0. The van der Waals surface area contributed by atoms with Crippen molar-refractivity contribution < 1.29 is 8.78 Å². The summed E-state index contributed by atoms with van der Waals surface area (Å²) >= 11 is 0. The molecule has 33 heavy (non-hydrogen) atoms. The maximum Gasteiger partial charge on any atom is 0.183 e. The summed E-state index contributed by atoms with van der Waals surface area (Å²) in [5.41, 5.74) is 3.50. The lowest BCUT2D eigenvalue weighted by Gasteiger charge is -2.32. The van der Waals surface area contributed by atoms with Crippen LogP contribution in [-0.2, 0) is 0 Å². The number of aromatic nitrogens is 5. The highest BCUT2D eigenvalue weighted by Crippen LogP contribution is 2.38. The van der Waals surface area contributed by atoms with Crippen molar-refractivity contribution in [1.82, 2.24) is 24.4 Å². The van der Waals surface area contributed by atoms with Gasteiger partial charge in [0.05, 0.1) is 12.4 Å². The molecule has 166 valence electrons. The molecule has 1 unspecified atom stereocenters. The van der Waals surface area contributed by atoms with Crippen LogP contribution in [0.25, 0.3) is 22.5 Å². The second-order valence-corrected chi connectivity index (χ2v) is 8.50. The molecule has 0 spiro atoms. The van der Waals surface area contributed by atoms with Gasteiger partial charge in [0.2, 0.25) is 0 Å². The summed E-state index contributed by atoms with van der Waals surface area (Å²) in [5, 5.41) is 8.95. The minimum atomic E-state index is -0.487. The summed E-state index contributed by atoms with van der Waals surface area (Å²) in [4.78, 5) is 6.98. The molecule has 4 aromatic rings. The van der Waals surface area contributed by atoms with Crippen molar-refractivity contribution in [1.29, 1.82) is 0 Å². The standard InChI is InChI=1S/C25H22F2N6/c26-19-8-9-21(27)20(13-19)22-7-4-11-31(22)24-10-12-32-25(30-24)23(15-29-32)33-16-18(14-28-33)17-5-2-1-3-6-17/h1-3,5-6,8-10,12,14-16,20,22H,4,7,11,13H2/t20?,22-/m0/s1. The Bertz CT molecular complexity index is 1370. The first-order valence-corrected chi connectivity index (χ1v) is 11.1. The average Bonchev–Trinajstić information content (AvgIpc) is 3.60. The number of nitrogens with zero attached hydrogens (tertiary/aromatic N) is 6. The molecule has 3 aromatic heterocycles. The number of hydrogen-bond acceptors (Lipinski definition) is 4. The largest absolute Gasteiger partial charge is 0.353 e. The minimum Gasteiger partial charge on any atom is -0.353 e. The van der Waals surface area contributed by atoms with Gasteiger partial charge in [-0.25, -0.2) is 23.0 Å². The Balaban J connectivity index is 1.34. The van der Waals surface area contributed by atoms with Crippen molar-refractivity contribution in [3.63, 3.8) is 0 Å². The Labute approximate surface area is 189 Å². The second kappa shape index (κ2) is 7.95. The zero-order valence-corrected chi connectivity index (χ0v) is 17.9. The van der Waals surface area contributed by atoms with Crippen molar-refractivity contribution in [2.24, 2.45) is 5.92 Å². The minimum absolute atomic E-state index is 0.0965. The maximum atomic E-state index is 14.6. The van der Waals surface area contributed by atoms with Gasteiger partial charge in [-0.15, -0.1) is 0 Å². The number of anilines is 1. The van der Waals surface area contributed by atoms with Crippen LogP contribution in [0.1, 0.15) is 19.3 Å². The van der Waals surface area contributed by atoms with Crippen LogP contribution >= 0.6 is 0 Å². The molecule has 0 amide bonds. The third-order valence-electron chi connectivity index (χ3n) is 6.52. The van der Waals surface area contributed by atoms with Gasteiger partial charge in [0.25, 0.3) is 0 Å². The van der Waals surface area contributed by atoms with Gasteiger partial charge in [-0.2, -0.15) is 10.2 Å². The van der Waals surface area contributed by atoms with E-state index in [-0.39, 0.29) is 24.1 Å². The first-order valence-electron chi connectivity index (χ1n) is 11.1. The normalized spacial score (nSPS) is 20.8. The molecule has 1 aliphatic heterocycles. The summed E-state index contributed by atoms with van der Waals surface area (Å²) in [5.74, 6) is -0.281. The Morgan fingerprint density at radius 2 is 1.82 bits per heavy atom. The molecular weight excluding hydrogens is 422 g/mol. The first kappa shape index (κ1) is 19.8. The quantitative estimate of drug-likeness (QED) is 0.430. The number of benzene rings is 1. The Hall–Kier alpha value is -3.81. The van der Waals surface area contributed by atoms with Gasteiger partial charge in [-0.1, -0.05) is 30.3 Å². The van der Waals surface area contributed by atoms with Crippen LogP contribution in [0.4, 0.5) is 14.6 Å². The third kappa shape index (κ3) is 3.51. The summed E-state index contributed by atoms with van der Waals surface area (Å²) in [7, 11) is 0. The highest BCUT2D eigenvalue weighted by Gasteiger charge is 2.36. The number of fused-ring (bicyclic) bond motifs is 1. The lowest BCUT2D eigenvalue weighted by Crippen LogP contribution is -2.37. The Morgan fingerprint density at radius 1 is 0.939 bits per heavy atom. The first-order chi connectivity index (χ1) is 16.2. The molecule has 2 aliphatic rings. The van der Waals surface area contributed by atoms with E-state index in [1.165, 1.54) is 12.2 Å². The van der Waals surface area contributed by atoms with Gasteiger partial charge in [-0.3, -0.25) is 0 Å². The zero-order valence-electron chi connectivity index (χ0n) is 17.9. The van der Waals surface area contributed by atoms with E-state index in [1.807, 2.05) is 55.0 Å². The highest BCUT2D eigenvalue weighted by atomic mass is 19.1. The molecule has 2 atom stereocenters. The van der Waals surface area contributed by atoms with Gasteiger partial charge >= 0.3 is 0 Å². The zero-order chi connectivity index (χ0) is 22.4. The number of halogens is 2. The third-order valence-corrected chi connectivity index (χ3v) is 6.52. The number of hydrogen-bond donors (Lipinski definition) is 0. The molecule has 0 saturated carbocycles. The smallest absolute Gasteiger partial charge is 0.183 e. The van der Waals surface area contributed by atoms with Crippen LogP contribution in [-0.4, -0.2) is 37.0 Å². The molecule has 4 heterocycles. The lowest BCUT2D eigenvalue weighted by atomic mass is 9.89. The fourth-order valence-electron chi connectivity index (χ4n) is 4.89. The van der Waals surface area contributed by atoms with Crippen LogP contribution in [0, 0.1) is 5.92 Å². The van der Waals surface area contributed by atoms with E-state index >= 15 is 0 Å². The Kier molecular flexibility index (Phi) is 4.78. The summed E-state index contributed by atoms with van der Waals surface area (Å²) in [6, 6.07) is 11.8. The molecule has 8 heteroatoms. The monoisotopic (exact) mass is 444 g/mol. The van der Waals surface area contributed by atoms with E-state index in [0.717, 1.165) is 42.0 Å². The molecule has 1 aromatic carbocycles. The predicted octanol–water partition coefficient (Wildman–Crippen LogP) is 5.28. The van der Waals surface area contributed by atoms with Gasteiger partial charge in [0.15, 0.2) is 5.65 Å². The molecule has 6 rings (SSSR count). The number of allylic oxidation sites excluding steroid dienone is 3. The molecule has 0 radical (unpaired) electrons. The van der Waals surface area contributed by atoms with Crippen LogP contribution < -0.4 is 4.90 Å². The van der Waals surface area contributed by atoms with Crippen molar-refractivity contribution in [3.05, 3.63) is 85.0 Å². The molecular formula is C25H22F2N6. The van der Waals surface area contributed by atoms with Crippen molar-refractivity contribution >= 4 is 11.5 Å². The average molecular weight is 444 g/mol. The maximum absolute atomic E-state index is 14.6. The van der Waals surface area contributed by atoms with Gasteiger partial charge in [0, 0.05) is 42.9 Å². The fraction of sp³-hybridized carbons (Fsp3) is 0.240. The van der Waals surface area contributed by atoms with Gasteiger partial charge < -0.3 is 4.90 Å².